The van der Waals surface area contributed by atoms with Gasteiger partial charge in [-0.15, -0.1) is 0 Å². The molecule has 1 saturated heterocycles. The van der Waals surface area contributed by atoms with Gasteiger partial charge in [0.25, 0.3) is 11.7 Å². The average Bonchev–Trinajstić information content (AvgIpc) is 3.11. The second kappa shape index (κ2) is 9.83. The molecular formula is C28H27NO5. The molecule has 1 atom stereocenters. The highest BCUT2D eigenvalue weighted by Gasteiger charge is 2.47. The van der Waals surface area contributed by atoms with E-state index in [2.05, 4.69) is 0 Å². The molecule has 0 bridgehead atoms. The molecule has 1 N–H and O–H groups in total. The maximum Gasteiger partial charge on any atom is 0.300 e. The van der Waals surface area contributed by atoms with Crippen molar-refractivity contribution < 1.29 is 24.2 Å². The van der Waals surface area contributed by atoms with Crippen molar-refractivity contribution in [2.75, 3.05) is 18.1 Å². The number of benzene rings is 3. The zero-order valence-corrected chi connectivity index (χ0v) is 19.4. The molecule has 3 aromatic carbocycles. The minimum absolute atomic E-state index is 0.0431. The Labute approximate surface area is 199 Å². The number of hydrogen-bond donors (Lipinski definition) is 1. The van der Waals surface area contributed by atoms with Crippen molar-refractivity contribution in [3.63, 3.8) is 0 Å². The molecule has 6 heteroatoms. The fraction of sp³-hybridized carbons (Fsp3) is 0.214. The molecule has 0 radical (unpaired) electrons. The number of carbonyl (C=O) groups is 2. The van der Waals surface area contributed by atoms with Crippen LogP contribution in [0, 0.1) is 6.92 Å². The minimum Gasteiger partial charge on any atom is -0.507 e. The summed E-state index contributed by atoms with van der Waals surface area (Å²) >= 11 is 0. The maximum absolute atomic E-state index is 13.3. The van der Waals surface area contributed by atoms with E-state index >= 15 is 0 Å². The summed E-state index contributed by atoms with van der Waals surface area (Å²) in [4.78, 5) is 28.0. The maximum atomic E-state index is 13.3. The molecule has 1 heterocycles. The van der Waals surface area contributed by atoms with Crippen molar-refractivity contribution in [2.45, 2.75) is 26.8 Å². The Morgan fingerprint density at radius 3 is 2.32 bits per heavy atom. The van der Waals surface area contributed by atoms with Gasteiger partial charge in [0, 0.05) is 17.3 Å². The Bertz CT molecular complexity index is 1250. The van der Waals surface area contributed by atoms with Gasteiger partial charge in [0.1, 0.15) is 17.3 Å². The molecule has 0 saturated carbocycles. The van der Waals surface area contributed by atoms with Gasteiger partial charge >= 0.3 is 0 Å². The fourth-order valence-corrected chi connectivity index (χ4v) is 4.21. The van der Waals surface area contributed by atoms with Gasteiger partial charge < -0.3 is 14.6 Å². The quantitative estimate of drug-likeness (QED) is 0.291. The summed E-state index contributed by atoms with van der Waals surface area (Å²) in [6, 6.07) is 20.7. The highest BCUT2D eigenvalue weighted by Crippen LogP contribution is 2.43. The Morgan fingerprint density at radius 1 is 0.912 bits per heavy atom. The molecule has 1 unspecified atom stereocenters. The number of nitrogens with zero attached hydrogens (tertiary/aromatic N) is 1. The van der Waals surface area contributed by atoms with Crippen LogP contribution in [-0.4, -0.2) is 30.0 Å². The molecule has 1 aliphatic heterocycles. The number of rotatable bonds is 7. The second-order valence-electron chi connectivity index (χ2n) is 7.92. The van der Waals surface area contributed by atoms with Gasteiger partial charge in [-0.3, -0.25) is 14.5 Å². The number of Topliss-reactive ketones (excluding diaryl/α,β-unsaturated/α-hetero) is 1. The monoisotopic (exact) mass is 457 g/mol. The smallest absolute Gasteiger partial charge is 0.300 e. The van der Waals surface area contributed by atoms with Crippen molar-refractivity contribution in [1.82, 2.24) is 0 Å². The summed E-state index contributed by atoms with van der Waals surface area (Å²) in [5, 5.41) is 11.3. The van der Waals surface area contributed by atoms with Crippen molar-refractivity contribution in [3.05, 3.63) is 95.1 Å². The first-order valence-corrected chi connectivity index (χ1v) is 11.3. The Kier molecular flexibility index (Phi) is 6.68. The summed E-state index contributed by atoms with van der Waals surface area (Å²) in [6.07, 6.45) is 0. The lowest BCUT2D eigenvalue weighted by atomic mass is 9.94. The van der Waals surface area contributed by atoms with E-state index in [-0.39, 0.29) is 11.3 Å². The third-order valence-electron chi connectivity index (χ3n) is 5.71. The van der Waals surface area contributed by atoms with E-state index in [1.165, 1.54) is 4.90 Å². The van der Waals surface area contributed by atoms with Crippen LogP contribution in [0.15, 0.2) is 78.4 Å². The zero-order valence-electron chi connectivity index (χ0n) is 19.4. The van der Waals surface area contributed by atoms with Crippen LogP contribution < -0.4 is 14.4 Å². The summed E-state index contributed by atoms with van der Waals surface area (Å²) in [6.45, 7) is 6.64. The summed E-state index contributed by atoms with van der Waals surface area (Å²) in [5.74, 6) is -0.365. The van der Waals surface area contributed by atoms with Crippen molar-refractivity contribution >= 4 is 23.1 Å². The number of carbonyl (C=O) groups excluding carboxylic acids is 2. The Hall–Kier alpha value is -4.06. The van der Waals surface area contributed by atoms with E-state index < -0.39 is 17.7 Å². The first kappa shape index (κ1) is 23.1. The van der Waals surface area contributed by atoms with Gasteiger partial charge in [-0.2, -0.15) is 0 Å². The predicted molar refractivity (Wildman–Crippen MR) is 131 cm³/mol. The molecule has 1 amide bonds. The van der Waals surface area contributed by atoms with Gasteiger partial charge in [-0.25, -0.2) is 0 Å². The average molecular weight is 458 g/mol. The van der Waals surface area contributed by atoms with Crippen LogP contribution >= 0.6 is 0 Å². The Balaban J connectivity index is 1.88. The third-order valence-corrected chi connectivity index (χ3v) is 5.71. The largest absolute Gasteiger partial charge is 0.507 e. The lowest BCUT2D eigenvalue weighted by Crippen LogP contribution is -2.29. The van der Waals surface area contributed by atoms with E-state index in [4.69, 9.17) is 9.47 Å². The van der Waals surface area contributed by atoms with Crippen LogP contribution in [0.5, 0.6) is 11.5 Å². The highest BCUT2D eigenvalue weighted by atomic mass is 16.5. The number of ketones is 1. The van der Waals surface area contributed by atoms with Gasteiger partial charge in [0.2, 0.25) is 0 Å². The standard InChI is InChI=1S/C28H27NO5/c1-4-33-22-13-9-12-21(17-22)29-25(19-10-7-6-8-11-19)24(27(31)28(29)32)26(30)20-14-15-23(34-5-2)18(3)16-20/h6-17,25,30H,4-5H2,1-3H3/b26-24+. The molecule has 0 aliphatic carbocycles. The minimum atomic E-state index is -0.787. The van der Waals surface area contributed by atoms with Crippen LogP contribution in [0.2, 0.25) is 0 Å². The number of aryl methyl sites for hydroxylation is 1. The van der Waals surface area contributed by atoms with Gasteiger partial charge in [-0.1, -0.05) is 36.4 Å². The third kappa shape index (κ3) is 4.27. The molecule has 34 heavy (non-hydrogen) atoms. The first-order chi connectivity index (χ1) is 16.5. The molecule has 1 fully saturated rings. The number of hydrogen-bond acceptors (Lipinski definition) is 5. The summed E-state index contributed by atoms with van der Waals surface area (Å²) < 4.78 is 11.2. The van der Waals surface area contributed by atoms with Gasteiger partial charge in [0.15, 0.2) is 0 Å². The van der Waals surface area contributed by atoms with Crippen LogP contribution in [0.3, 0.4) is 0 Å². The number of amides is 1. The van der Waals surface area contributed by atoms with Crippen LogP contribution in [0.4, 0.5) is 5.69 Å². The lowest BCUT2D eigenvalue weighted by molar-refractivity contribution is -0.132. The number of anilines is 1. The second-order valence-corrected chi connectivity index (χ2v) is 7.92. The van der Waals surface area contributed by atoms with Gasteiger partial charge in [-0.05, 0) is 62.2 Å². The first-order valence-electron chi connectivity index (χ1n) is 11.3. The molecule has 4 rings (SSSR count). The fourth-order valence-electron chi connectivity index (χ4n) is 4.21. The summed E-state index contributed by atoms with van der Waals surface area (Å²) in [7, 11) is 0. The van der Waals surface area contributed by atoms with E-state index in [9.17, 15) is 14.7 Å². The number of ether oxygens (including phenoxy) is 2. The molecule has 0 aromatic heterocycles. The lowest BCUT2D eigenvalue weighted by Gasteiger charge is -2.25. The zero-order chi connectivity index (χ0) is 24.2. The van der Waals surface area contributed by atoms with E-state index in [0.717, 1.165) is 5.56 Å². The normalized spacial score (nSPS) is 17.1. The van der Waals surface area contributed by atoms with Crippen LogP contribution in [-0.2, 0) is 9.59 Å². The summed E-state index contributed by atoms with van der Waals surface area (Å²) in [5.41, 5.74) is 2.54. The van der Waals surface area contributed by atoms with Crippen molar-refractivity contribution in [3.8, 4) is 11.5 Å². The van der Waals surface area contributed by atoms with E-state index in [0.29, 0.717) is 41.5 Å². The topological polar surface area (TPSA) is 76.1 Å². The van der Waals surface area contributed by atoms with E-state index in [1.807, 2.05) is 51.1 Å². The van der Waals surface area contributed by atoms with Gasteiger partial charge in [0.05, 0.1) is 24.8 Å². The van der Waals surface area contributed by atoms with Crippen molar-refractivity contribution in [1.29, 1.82) is 0 Å². The van der Waals surface area contributed by atoms with Crippen LogP contribution in [0.1, 0.15) is 36.6 Å². The molecule has 174 valence electrons. The predicted octanol–water partition coefficient (Wildman–Crippen LogP) is 5.42. The number of aliphatic hydroxyl groups excluding tert-OH is 1. The number of aliphatic hydroxyl groups is 1. The molecular weight excluding hydrogens is 430 g/mol. The molecule has 3 aromatic rings. The van der Waals surface area contributed by atoms with E-state index in [1.54, 1.807) is 42.5 Å². The van der Waals surface area contributed by atoms with Crippen molar-refractivity contribution in [2.24, 2.45) is 0 Å². The van der Waals surface area contributed by atoms with Crippen LogP contribution in [0.25, 0.3) is 5.76 Å². The molecule has 6 nitrogen and oxygen atoms in total. The molecule has 1 aliphatic rings. The SMILES string of the molecule is CCOc1cccc(N2C(=O)C(=O)/C(=C(/O)c3ccc(OCC)c(C)c3)C2c2ccccc2)c1. The Morgan fingerprint density at radius 2 is 1.65 bits per heavy atom. The highest BCUT2D eigenvalue weighted by molar-refractivity contribution is 6.51. The molecule has 0 spiro atoms.